The molecule has 1 saturated heterocycles. The van der Waals surface area contributed by atoms with Crippen molar-refractivity contribution in [1.82, 2.24) is 9.88 Å². The Bertz CT molecular complexity index is 724. The van der Waals surface area contributed by atoms with Gasteiger partial charge in [-0.05, 0) is 31.0 Å². The zero-order valence-corrected chi connectivity index (χ0v) is 13.5. The highest BCUT2D eigenvalue weighted by Gasteiger charge is 2.30. The van der Waals surface area contributed by atoms with Crippen molar-refractivity contribution >= 4 is 17.2 Å². The lowest BCUT2D eigenvalue weighted by atomic mass is 10.2. The van der Waals surface area contributed by atoms with Gasteiger partial charge in [-0.15, -0.1) is 11.3 Å². The highest BCUT2D eigenvalue weighted by molar-refractivity contribution is 7.09. The molecule has 0 atom stereocenters. The van der Waals surface area contributed by atoms with E-state index in [9.17, 15) is 18.0 Å². The molecule has 1 aromatic carbocycles. The Morgan fingerprint density at radius 3 is 2.75 bits per heavy atom. The Hall–Kier alpha value is -2.09. The molecule has 1 aliphatic rings. The number of nitrogens with zero attached hydrogens (tertiary/aromatic N) is 2. The molecule has 24 heavy (non-hydrogen) atoms. The molecule has 3 rings (SSSR count). The van der Waals surface area contributed by atoms with Gasteiger partial charge in [-0.1, -0.05) is 6.07 Å². The molecule has 4 nitrogen and oxygen atoms in total. The zero-order valence-electron chi connectivity index (χ0n) is 12.7. The van der Waals surface area contributed by atoms with Gasteiger partial charge in [-0.2, -0.15) is 13.2 Å². The number of thiazole rings is 1. The molecule has 1 fully saturated rings. The molecular weight excluding hydrogens is 341 g/mol. The average Bonchev–Trinajstić information content (AvgIpc) is 3.23. The van der Waals surface area contributed by atoms with Crippen molar-refractivity contribution in [3.8, 4) is 5.75 Å². The van der Waals surface area contributed by atoms with Gasteiger partial charge in [0.05, 0.1) is 5.56 Å². The van der Waals surface area contributed by atoms with Crippen LogP contribution in [0.3, 0.4) is 0 Å². The summed E-state index contributed by atoms with van der Waals surface area (Å²) >= 11 is 1.26. The summed E-state index contributed by atoms with van der Waals surface area (Å²) in [5.41, 5.74) is -0.395. The van der Waals surface area contributed by atoms with E-state index >= 15 is 0 Å². The molecule has 1 amide bonds. The van der Waals surface area contributed by atoms with Crippen molar-refractivity contribution in [2.75, 3.05) is 13.1 Å². The molecule has 0 radical (unpaired) electrons. The van der Waals surface area contributed by atoms with Gasteiger partial charge in [-0.3, -0.25) is 4.79 Å². The van der Waals surface area contributed by atoms with Crippen LogP contribution in [0.25, 0.3) is 0 Å². The second-order valence-corrected chi connectivity index (χ2v) is 6.38. The lowest BCUT2D eigenvalue weighted by Crippen LogP contribution is -2.27. The van der Waals surface area contributed by atoms with Crippen LogP contribution in [0.4, 0.5) is 13.2 Å². The second-order valence-electron chi connectivity index (χ2n) is 5.44. The quantitative estimate of drug-likeness (QED) is 0.832. The van der Waals surface area contributed by atoms with Gasteiger partial charge >= 0.3 is 6.18 Å². The summed E-state index contributed by atoms with van der Waals surface area (Å²) in [7, 11) is 0. The van der Waals surface area contributed by atoms with Crippen LogP contribution in [0.15, 0.2) is 29.6 Å². The van der Waals surface area contributed by atoms with Crippen LogP contribution in [0.5, 0.6) is 5.75 Å². The Morgan fingerprint density at radius 2 is 2.04 bits per heavy atom. The van der Waals surface area contributed by atoms with Crippen molar-refractivity contribution < 1.29 is 22.7 Å². The fraction of sp³-hybridized carbons (Fsp3) is 0.375. The van der Waals surface area contributed by atoms with E-state index in [1.165, 1.54) is 23.5 Å². The maximum atomic E-state index is 12.7. The molecule has 0 spiro atoms. The Labute approximate surface area is 140 Å². The molecule has 0 bridgehead atoms. The monoisotopic (exact) mass is 356 g/mol. The highest BCUT2D eigenvalue weighted by atomic mass is 32.1. The molecule has 2 aromatic rings. The Morgan fingerprint density at radius 1 is 1.29 bits per heavy atom. The number of ether oxygens (including phenoxy) is 1. The van der Waals surface area contributed by atoms with E-state index in [4.69, 9.17) is 4.74 Å². The van der Waals surface area contributed by atoms with E-state index in [1.807, 2.05) is 0 Å². The van der Waals surface area contributed by atoms with Gasteiger partial charge < -0.3 is 9.64 Å². The number of halogens is 3. The van der Waals surface area contributed by atoms with E-state index in [2.05, 4.69) is 4.98 Å². The van der Waals surface area contributed by atoms with E-state index in [-0.39, 0.29) is 18.3 Å². The third kappa shape index (κ3) is 3.87. The number of likely N-dealkylation sites (tertiary alicyclic amines) is 1. The maximum Gasteiger partial charge on any atom is 0.416 e. The minimum atomic E-state index is -4.41. The predicted octanol–water partition coefficient (Wildman–Crippen LogP) is 3.98. The summed E-state index contributed by atoms with van der Waals surface area (Å²) in [6.45, 7) is 1.51. The number of rotatable bonds is 4. The fourth-order valence-corrected chi connectivity index (χ4v) is 3.14. The van der Waals surface area contributed by atoms with Gasteiger partial charge in [0.1, 0.15) is 23.1 Å². The molecule has 0 aliphatic carbocycles. The van der Waals surface area contributed by atoms with Gasteiger partial charge in [0, 0.05) is 18.5 Å². The molecule has 2 heterocycles. The van der Waals surface area contributed by atoms with Crippen molar-refractivity contribution in [1.29, 1.82) is 0 Å². The zero-order chi connectivity index (χ0) is 17.2. The average molecular weight is 356 g/mol. The van der Waals surface area contributed by atoms with Crippen LogP contribution in [0.2, 0.25) is 0 Å². The van der Waals surface area contributed by atoms with Crippen LogP contribution in [0, 0.1) is 0 Å². The van der Waals surface area contributed by atoms with Gasteiger partial charge in [0.25, 0.3) is 5.91 Å². The molecule has 1 aliphatic heterocycles. The highest BCUT2D eigenvalue weighted by Crippen LogP contribution is 2.31. The molecule has 0 saturated carbocycles. The van der Waals surface area contributed by atoms with Crippen molar-refractivity contribution in [2.24, 2.45) is 0 Å². The van der Waals surface area contributed by atoms with Gasteiger partial charge in [0.15, 0.2) is 0 Å². The molecule has 128 valence electrons. The van der Waals surface area contributed by atoms with E-state index < -0.39 is 11.7 Å². The first-order valence-corrected chi connectivity index (χ1v) is 8.35. The topological polar surface area (TPSA) is 42.4 Å². The number of hydrogen-bond donors (Lipinski definition) is 0. The normalized spacial score (nSPS) is 14.9. The van der Waals surface area contributed by atoms with E-state index in [0.29, 0.717) is 10.7 Å². The minimum absolute atomic E-state index is 0.0270. The first-order valence-electron chi connectivity index (χ1n) is 7.47. The molecule has 0 N–H and O–H groups in total. The van der Waals surface area contributed by atoms with Crippen LogP contribution < -0.4 is 4.74 Å². The summed E-state index contributed by atoms with van der Waals surface area (Å²) in [6.07, 6.45) is -2.40. The smallest absolute Gasteiger partial charge is 0.416 e. The predicted molar refractivity (Wildman–Crippen MR) is 83.0 cm³/mol. The first-order chi connectivity index (χ1) is 11.4. The van der Waals surface area contributed by atoms with Gasteiger partial charge in [-0.25, -0.2) is 4.98 Å². The summed E-state index contributed by atoms with van der Waals surface area (Å²) in [4.78, 5) is 18.2. The summed E-state index contributed by atoms with van der Waals surface area (Å²) in [5, 5.41) is 2.21. The van der Waals surface area contributed by atoms with Crippen molar-refractivity contribution in [2.45, 2.75) is 25.6 Å². The third-order valence-corrected chi connectivity index (χ3v) is 4.51. The lowest BCUT2D eigenvalue weighted by molar-refractivity contribution is -0.137. The van der Waals surface area contributed by atoms with Crippen molar-refractivity contribution in [3.05, 3.63) is 45.9 Å². The van der Waals surface area contributed by atoms with E-state index in [1.54, 1.807) is 10.3 Å². The largest absolute Gasteiger partial charge is 0.486 e. The third-order valence-electron chi connectivity index (χ3n) is 3.69. The summed E-state index contributed by atoms with van der Waals surface area (Å²) < 4.78 is 43.4. The number of carbonyl (C=O) groups is 1. The molecule has 8 heteroatoms. The number of aromatic nitrogens is 1. The minimum Gasteiger partial charge on any atom is -0.486 e. The van der Waals surface area contributed by atoms with Crippen LogP contribution in [-0.4, -0.2) is 28.9 Å². The standard InChI is InChI=1S/C16H15F3N2O2S/c17-16(18,19)11-4-3-5-12(8-11)23-9-14-20-13(10-24-14)15(22)21-6-1-2-7-21/h3-5,8,10H,1-2,6-7,9H2. The van der Waals surface area contributed by atoms with E-state index in [0.717, 1.165) is 38.1 Å². The number of hydrogen-bond acceptors (Lipinski definition) is 4. The molecular formula is C16H15F3N2O2S. The number of carbonyl (C=O) groups excluding carboxylic acids is 1. The second kappa shape index (κ2) is 6.80. The number of alkyl halides is 3. The molecule has 0 unspecified atom stereocenters. The number of amides is 1. The Balaban J connectivity index is 1.62. The van der Waals surface area contributed by atoms with Crippen LogP contribution in [0.1, 0.15) is 33.9 Å². The SMILES string of the molecule is O=C(c1csc(COc2cccc(C(F)(F)F)c2)n1)N1CCCC1. The van der Waals surface area contributed by atoms with Gasteiger partial charge in [0.2, 0.25) is 0 Å². The maximum absolute atomic E-state index is 12.7. The first kappa shape index (κ1) is 16.8. The summed E-state index contributed by atoms with van der Waals surface area (Å²) in [5.74, 6) is 0.0153. The fourth-order valence-electron chi connectivity index (χ4n) is 2.46. The number of benzene rings is 1. The summed E-state index contributed by atoms with van der Waals surface area (Å²) in [6, 6.07) is 4.69. The molecule has 1 aromatic heterocycles. The van der Waals surface area contributed by atoms with Crippen LogP contribution >= 0.6 is 11.3 Å². The van der Waals surface area contributed by atoms with Crippen molar-refractivity contribution in [3.63, 3.8) is 0 Å². The Kier molecular flexibility index (Phi) is 4.75. The lowest BCUT2D eigenvalue weighted by Gasteiger charge is -2.12. The van der Waals surface area contributed by atoms with Crippen LogP contribution in [-0.2, 0) is 12.8 Å².